The van der Waals surface area contributed by atoms with Gasteiger partial charge in [0, 0.05) is 5.56 Å². The molecule has 27 heavy (non-hydrogen) atoms. The Bertz CT molecular complexity index is 655. The minimum Gasteiger partial charge on any atom is -0.493 e. The third-order valence-electron chi connectivity index (χ3n) is 3.66. The summed E-state index contributed by atoms with van der Waals surface area (Å²) in [4.78, 5) is 5.20. The average molecular weight is 526 g/mol. The van der Waals surface area contributed by atoms with Gasteiger partial charge in [-0.1, -0.05) is 23.7 Å². The number of unbranched alkanes of at least 4 members (excludes halogenated alkanes) is 2. The molecule has 0 aliphatic carbocycles. The number of halogens is 3. The average Bonchev–Trinajstić information content (AvgIpc) is 2.60. The molecule has 0 aliphatic rings. The lowest BCUT2D eigenvalue weighted by Crippen LogP contribution is -2.05. The molecule has 0 saturated heterocycles. The van der Waals surface area contributed by atoms with Gasteiger partial charge in [0.1, 0.15) is 24.7 Å². The molecule has 0 radical (unpaired) electrons. The van der Waals surface area contributed by atoms with Crippen molar-refractivity contribution in [2.75, 3.05) is 19.8 Å². The maximum Gasteiger partial charge on any atom is 0.139 e. The zero-order valence-corrected chi connectivity index (χ0v) is 20.3. The smallest absolute Gasteiger partial charge is 0.139 e. The topological polar surface area (TPSA) is 40.0 Å². The third-order valence-corrected chi connectivity index (χ3v) is 4.73. The van der Waals surface area contributed by atoms with Crippen LogP contribution in [0, 0.1) is 6.92 Å². The summed E-state index contributed by atoms with van der Waals surface area (Å²) in [6.45, 7) is 9.65. The van der Waals surface area contributed by atoms with Crippen LogP contribution in [0.3, 0.4) is 0 Å². The predicted molar refractivity (Wildman–Crippen MR) is 121 cm³/mol. The van der Waals surface area contributed by atoms with Crippen LogP contribution in [-0.2, 0) is 11.3 Å². The van der Waals surface area contributed by atoms with Crippen molar-refractivity contribution in [2.24, 2.45) is 5.16 Å². The molecule has 0 atom stereocenters. The Balaban J connectivity index is 2.58. The molecule has 1 rings (SSSR count). The van der Waals surface area contributed by atoms with E-state index in [1.807, 2.05) is 32.9 Å². The molecule has 0 aromatic heterocycles. The van der Waals surface area contributed by atoms with Gasteiger partial charge in [0.25, 0.3) is 0 Å². The van der Waals surface area contributed by atoms with Gasteiger partial charge in [-0.25, -0.2) is 0 Å². The number of hydrogen-bond donors (Lipinski definition) is 0. The van der Waals surface area contributed by atoms with E-state index in [0.29, 0.717) is 30.6 Å². The number of oxime groups is 1. The van der Waals surface area contributed by atoms with Crippen molar-refractivity contribution in [3.63, 3.8) is 0 Å². The van der Waals surface area contributed by atoms with Crippen molar-refractivity contribution in [1.29, 1.82) is 0 Å². The van der Waals surface area contributed by atoms with E-state index in [1.165, 1.54) is 0 Å². The van der Waals surface area contributed by atoms with Gasteiger partial charge >= 0.3 is 0 Å². The van der Waals surface area contributed by atoms with Crippen molar-refractivity contribution in [2.45, 2.75) is 53.4 Å². The lowest BCUT2D eigenvalue weighted by Gasteiger charge is -2.18. The number of benzene rings is 1. The van der Waals surface area contributed by atoms with E-state index < -0.39 is 0 Å². The minimum absolute atomic E-state index is 0.429. The zero-order chi connectivity index (χ0) is 20.2. The molecule has 0 amide bonds. The van der Waals surface area contributed by atoms with Crippen LogP contribution in [0.2, 0.25) is 5.02 Å². The maximum atomic E-state index is 6.55. The van der Waals surface area contributed by atoms with Gasteiger partial charge in [-0.05, 0) is 96.0 Å². The first-order valence-electron chi connectivity index (χ1n) is 9.08. The highest BCUT2D eigenvalue weighted by molar-refractivity contribution is 9.28. The van der Waals surface area contributed by atoms with Crippen LogP contribution in [0.4, 0.5) is 0 Å². The summed E-state index contributed by atoms with van der Waals surface area (Å²) in [6, 6.07) is 1.94. The lowest BCUT2D eigenvalue weighted by molar-refractivity contribution is 0.138. The molecule has 1 aromatic rings. The summed E-state index contributed by atoms with van der Waals surface area (Å²) in [6.07, 6.45) is 5.61. The highest BCUT2D eigenvalue weighted by Crippen LogP contribution is 2.38. The predicted octanol–water partition coefficient (Wildman–Crippen LogP) is 7.18. The van der Waals surface area contributed by atoms with Gasteiger partial charge in [-0.2, -0.15) is 0 Å². The summed E-state index contributed by atoms with van der Waals surface area (Å²) in [5, 5.41) is 4.55. The van der Waals surface area contributed by atoms with Gasteiger partial charge in [-0.3, -0.25) is 0 Å². The van der Waals surface area contributed by atoms with Gasteiger partial charge < -0.3 is 14.3 Å². The normalized spacial score (nSPS) is 10.3. The molecule has 0 spiro atoms. The largest absolute Gasteiger partial charge is 0.493 e. The Morgan fingerprint density at radius 2 is 1.85 bits per heavy atom. The van der Waals surface area contributed by atoms with Crippen LogP contribution in [-0.4, -0.2) is 25.5 Å². The summed E-state index contributed by atoms with van der Waals surface area (Å²) in [5.41, 5.74) is 2.95. The molecule has 0 N–H and O–H groups in total. The van der Waals surface area contributed by atoms with Crippen molar-refractivity contribution >= 4 is 49.2 Å². The minimum atomic E-state index is 0.429. The molecule has 0 bridgehead atoms. The van der Waals surface area contributed by atoms with E-state index in [0.717, 1.165) is 51.7 Å². The molecule has 0 fully saturated rings. The fourth-order valence-corrected chi connectivity index (χ4v) is 3.02. The van der Waals surface area contributed by atoms with Crippen LogP contribution in [0.5, 0.6) is 11.5 Å². The summed E-state index contributed by atoms with van der Waals surface area (Å²) < 4.78 is 12.7. The molecular weight excluding hydrogens is 497 g/mol. The molecule has 4 nitrogen and oxygen atoms in total. The van der Waals surface area contributed by atoms with Crippen LogP contribution in [0.15, 0.2) is 20.7 Å². The SMILES string of the molecule is CCc1c(Cl)c(OCC=C(Br)Br)cc(C)c1OCCCCCON=C(C)C. The maximum absolute atomic E-state index is 6.55. The summed E-state index contributed by atoms with van der Waals surface area (Å²) >= 11 is 13.2. The molecule has 152 valence electrons. The molecule has 0 aliphatic heterocycles. The Labute approximate surface area is 184 Å². The Morgan fingerprint density at radius 1 is 1.15 bits per heavy atom. The van der Waals surface area contributed by atoms with Crippen LogP contribution >= 0.6 is 43.5 Å². The van der Waals surface area contributed by atoms with E-state index in [2.05, 4.69) is 43.9 Å². The van der Waals surface area contributed by atoms with Gasteiger partial charge in [0.15, 0.2) is 0 Å². The highest BCUT2D eigenvalue weighted by Gasteiger charge is 2.16. The van der Waals surface area contributed by atoms with Gasteiger partial charge in [0.2, 0.25) is 0 Å². The summed E-state index contributed by atoms with van der Waals surface area (Å²) in [5.74, 6) is 1.55. The lowest BCUT2D eigenvalue weighted by atomic mass is 10.1. The Hall–Kier alpha value is -0.720. The van der Waals surface area contributed by atoms with E-state index in [4.69, 9.17) is 25.9 Å². The second kappa shape index (κ2) is 13.5. The number of aryl methyl sites for hydroxylation is 1. The third kappa shape index (κ3) is 9.35. The number of ether oxygens (including phenoxy) is 2. The van der Waals surface area contributed by atoms with E-state index in [9.17, 15) is 0 Å². The molecular formula is C20H28Br2ClNO3. The molecule has 0 heterocycles. The second-order valence-corrected chi connectivity index (χ2v) is 9.40. The number of rotatable bonds is 12. The second-order valence-electron chi connectivity index (χ2n) is 6.25. The zero-order valence-electron chi connectivity index (χ0n) is 16.4. The standard InChI is InChI=1S/C20H28Br2ClNO3/c1-5-16-19(23)17(25-12-9-18(21)22)13-15(4)20(16)26-10-7-6-8-11-27-24-14(2)3/h9,13H,5-8,10-12H2,1-4H3. The molecule has 7 heteroatoms. The van der Waals surface area contributed by atoms with E-state index >= 15 is 0 Å². The van der Waals surface area contributed by atoms with Crippen LogP contribution < -0.4 is 9.47 Å². The van der Waals surface area contributed by atoms with Crippen molar-refractivity contribution in [3.05, 3.63) is 31.7 Å². The fraction of sp³-hybridized carbons (Fsp3) is 0.550. The Kier molecular flexibility index (Phi) is 12.1. The van der Waals surface area contributed by atoms with E-state index in [-0.39, 0.29) is 0 Å². The van der Waals surface area contributed by atoms with Crippen molar-refractivity contribution < 1.29 is 14.3 Å². The first kappa shape index (κ1) is 24.3. The molecule has 0 unspecified atom stereocenters. The van der Waals surface area contributed by atoms with Crippen molar-refractivity contribution in [1.82, 2.24) is 0 Å². The first-order valence-corrected chi connectivity index (χ1v) is 11.0. The quantitative estimate of drug-likeness (QED) is 0.165. The van der Waals surface area contributed by atoms with E-state index in [1.54, 1.807) is 0 Å². The Morgan fingerprint density at radius 3 is 2.48 bits per heavy atom. The molecule has 0 saturated carbocycles. The fourth-order valence-electron chi connectivity index (χ4n) is 2.42. The highest BCUT2D eigenvalue weighted by atomic mass is 79.9. The van der Waals surface area contributed by atoms with Crippen LogP contribution in [0.1, 0.15) is 51.2 Å². The van der Waals surface area contributed by atoms with Gasteiger partial charge in [0.05, 0.1) is 20.7 Å². The molecule has 1 aromatic carbocycles. The number of hydrogen-bond acceptors (Lipinski definition) is 4. The van der Waals surface area contributed by atoms with Crippen molar-refractivity contribution in [3.8, 4) is 11.5 Å². The summed E-state index contributed by atoms with van der Waals surface area (Å²) in [7, 11) is 0. The van der Waals surface area contributed by atoms with Crippen LogP contribution in [0.25, 0.3) is 0 Å². The monoisotopic (exact) mass is 523 g/mol. The first-order chi connectivity index (χ1) is 12.9. The number of nitrogens with zero attached hydrogens (tertiary/aromatic N) is 1. The van der Waals surface area contributed by atoms with Gasteiger partial charge in [-0.15, -0.1) is 0 Å².